The average molecular weight is 386 g/mol. The number of nitrogens with zero attached hydrogens (tertiary/aromatic N) is 1. The first-order valence-electron chi connectivity index (χ1n) is 10.1. The Kier molecular flexibility index (Phi) is 8.15. The maximum Gasteiger partial charge on any atom is 0.336 e. The molecule has 0 bridgehead atoms. The largest absolute Gasteiger partial charge is 0.478 e. The summed E-state index contributed by atoms with van der Waals surface area (Å²) in [5, 5.41) is 9.36. The third-order valence-corrected chi connectivity index (χ3v) is 5.25. The maximum absolute atomic E-state index is 12.9. The van der Waals surface area contributed by atoms with E-state index in [2.05, 4.69) is 18.7 Å². The summed E-state index contributed by atoms with van der Waals surface area (Å²) in [6.45, 7) is 6.22. The van der Waals surface area contributed by atoms with Crippen molar-refractivity contribution in [3.05, 3.63) is 59.2 Å². The molecule has 0 fully saturated rings. The van der Waals surface area contributed by atoms with Crippen LogP contribution in [-0.4, -0.2) is 47.7 Å². The van der Waals surface area contributed by atoms with Gasteiger partial charge in [-0.15, -0.1) is 0 Å². The number of unbranched alkanes of at least 4 members (excludes halogenated alkanes) is 2. The molecule has 0 spiro atoms. The molecule has 0 radical (unpaired) electrons. The molecular weight excluding hydrogens is 354 g/mol. The third kappa shape index (κ3) is 4.97. The van der Waals surface area contributed by atoms with E-state index in [0.29, 0.717) is 12.0 Å². The van der Waals surface area contributed by atoms with Crippen molar-refractivity contribution in [3.63, 3.8) is 0 Å². The van der Waals surface area contributed by atoms with Gasteiger partial charge < -0.3 is 9.84 Å². The number of ether oxygens (including phenoxy) is 1. The second-order valence-electron chi connectivity index (χ2n) is 7.12. The first-order chi connectivity index (χ1) is 13.5. The molecule has 0 aromatic heterocycles. The third-order valence-electron chi connectivity index (χ3n) is 5.25. The molecule has 2 rings (SSSR count). The molecule has 28 heavy (non-hydrogen) atoms. The molecular formula is C23H31NO4. The zero-order valence-corrected chi connectivity index (χ0v) is 17.1. The first-order valence-corrected chi connectivity index (χ1v) is 10.1. The summed E-state index contributed by atoms with van der Waals surface area (Å²) in [6.07, 6.45) is 10.6. The molecule has 1 aromatic carbocycles. The van der Waals surface area contributed by atoms with E-state index < -0.39 is 11.7 Å². The lowest BCUT2D eigenvalue weighted by Gasteiger charge is -2.42. The van der Waals surface area contributed by atoms with Crippen molar-refractivity contribution in [3.8, 4) is 0 Å². The zero-order valence-electron chi connectivity index (χ0n) is 17.1. The van der Waals surface area contributed by atoms with Crippen molar-refractivity contribution in [2.45, 2.75) is 51.7 Å². The fourth-order valence-corrected chi connectivity index (χ4v) is 3.51. The molecule has 1 unspecified atom stereocenters. The van der Waals surface area contributed by atoms with Crippen LogP contribution in [0.2, 0.25) is 0 Å². The predicted molar refractivity (Wildman–Crippen MR) is 111 cm³/mol. The van der Waals surface area contributed by atoms with Gasteiger partial charge in [0, 0.05) is 37.8 Å². The molecule has 0 amide bonds. The number of methoxy groups -OCH3 is 1. The quantitative estimate of drug-likeness (QED) is 0.442. The highest BCUT2D eigenvalue weighted by molar-refractivity contribution is 6.15. The lowest BCUT2D eigenvalue weighted by atomic mass is 9.91. The van der Waals surface area contributed by atoms with E-state index in [1.54, 1.807) is 31.4 Å². The van der Waals surface area contributed by atoms with E-state index in [1.165, 1.54) is 6.07 Å². The molecule has 1 aromatic rings. The Hall–Kier alpha value is -2.24. The average Bonchev–Trinajstić information content (AvgIpc) is 2.73. The second kappa shape index (κ2) is 10.3. The van der Waals surface area contributed by atoms with Crippen LogP contribution in [0, 0.1) is 0 Å². The number of benzene rings is 1. The Labute approximate surface area is 167 Å². The lowest BCUT2D eigenvalue weighted by Crippen LogP contribution is -2.50. The lowest BCUT2D eigenvalue weighted by molar-refractivity contribution is -0.0987. The van der Waals surface area contributed by atoms with Crippen LogP contribution >= 0.6 is 0 Å². The Balaban J connectivity index is 2.24. The highest BCUT2D eigenvalue weighted by Crippen LogP contribution is 2.31. The molecule has 0 saturated carbocycles. The van der Waals surface area contributed by atoms with Crippen LogP contribution in [0.5, 0.6) is 0 Å². The zero-order chi connectivity index (χ0) is 20.6. The Bertz CT molecular complexity index is 745. The van der Waals surface area contributed by atoms with Gasteiger partial charge in [-0.05, 0) is 25.0 Å². The SMILES string of the molecule is CCCCN(CCCC)C1(OC)C=CC(C(=O)c2ccccc2C(=O)O)=CC1. The van der Waals surface area contributed by atoms with Crippen LogP contribution in [-0.2, 0) is 4.74 Å². The summed E-state index contributed by atoms with van der Waals surface area (Å²) in [5.74, 6) is -1.37. The highest BCUT2D eigenvalue weighted by atomic mass is 16.5. The second-order valence-corrected chi connectivity index (χ2v) is 7.12. The number of rotatable bonds is 11. The van der Waals surface area contributed by atoms with Crippen molar-refractivity contribution < 1.29 is 19.4 Å². The Morgan fingerprint density at radius 2 is 1.71 bits per heavy atom. The van der Waals surface area contributed by atoms with E-state index in [9.17, 15) is 14.7 Å². The highest BCUT2D eigenvalue weighted by Gasteiger charge is 2.35. The fraction of sp³-hybridized carbons (Fsp3) is 0.478. The smallest absolute Gasteiger partial charge is 0.336 e. The minimum Gasteiger partial charge on any atom is -0.478 e. The molecule has 152 valence electrons. The van der Waals surface area contributed by atoms with E-state index >= 15 is 0 Å². The van der Waals surface area contributed by atoms with Crippen LogP contribution in [0.3, 0.4) is 0 Å². The molecule has 1 aliphatic rings. The first kappa shape index (κ1) is 22.1. The van der Waals surface area contributed by atoms with Crippen molar-refractivity contribution >= 4 is 11.8 Å². The summed E-state index contributed by atoms with van der Waals surface area (Å²) < 4.78 is 5.92. The number of carboxylic acid groups (broad SMARTS) is 1. The number of hydrogen-bond acceptors (Lipinski definition) is 4. The number of hydrogen-bond donors (Lipinski definition) is 1. The van der Waals surface area contributed by atoms with E-state index in [1.807, 2.05) is 12.2 Å². The molecule has 5 heteroatoms. The van der Waals surface area contributed by atoms with E-state index in [4.69, 9.17) is 4.74 Å². The predicted octanol–water partition coefficient (Wildman–Crippen LogP) is 4.70. The van der Waals surface area contributed by atoms with E-state index in [-0.39, 0.29) is 16.9 Å². The summed E-state index contributed by atoms with van der Waals surface area (Å²) in [5.41, 5.74) is 0.190. The molecule has 0 aliphatic heterocycles. The van der Waals surface area contributed by atoms with Gasteiger partial charge in [0.25, 0.3) is 0 Å². The van der Waals surface area contributed by atoms with Crippen LogP contribution in [0.15, 0.2) is 48.1 Å². The number of carbonyl (C=O) groups excluding carboxylic acids is 1. The number of aromatic carboxylic acids is 1. The van der Waals surface area contributed by atoms with E-state index in [0.717, 1.165) is 38.8 Å². The van der Waals surface area contributed by atoms with Crippen molar-refractivity contribution in [1.82, 2.24) is 4.90 Å². The summed E-state index contributed by atoms with van der Waals surface area (Å²) in [4.78, 5) is 26.7. The van der Waals surface area contributed by atoms with Gasteiger partial charge in [0.1, 0.15) is 5.72 Å². The van der Waals surface area contributed by atoms with Crippen molar-refractivity contribution in [2.24, 2.45) is 0 Å². The van der Waals surface area contributed by atoms with Gasteiger partial charge in [-0.25, -0.2) is 4.79 Å². The van der Waals surface area contributed by atoms with Crippen LogP contribution in [0.4, 0.5) is 0 Å². The molecule has 5 nitrogen and oxygen atoms in total. The van der Waals surface area contributed by atoms with Gasteiger partial charge in [-0.1, -0.05) is 57.0 Å². The standard InChI is InChI=1S/C23H31NO4/c1-4-6-16-24(17-7-5-2)23(28-3)14-12-18(13-15-23)21(25)19-10-8-9-11-20(19)22(26)27/h8-14H,4-7,15-17H2,1-3H3,(H,26,27). The minimum atomic E-state index is -1.10. The topological polar surface area (TPSA) is 66.8 Å². The van der Waals surface area contributed by atoms with Gasteiger partial charge in [-0.3, -0.25) is 9.69 Å². The van der Waals surface area contributed by atoms with Crippen molar-refractivity contribution in [1.29, 1.82) is 0 Å². The van der Waals surface area contributed by atoms with Gasteiger partial charge >= 0.3 is 5.97 Å². The molecule has 1 N–H and O–H groups in total. The summed E-state index contributed by atoms with van der Waals surface area (Å²) >= 11 is 0. The molecule has 1 aliphatic carbocycles. The van der Waals surface area contributed by atoms with Gasteiger partial charge in [0.2, 0.25) is 0 Å². The van der Waals surface area contributed by atoms with Gasteiger partial charge in [0.15, 0.2) is 5.78 Å². The number of allylic oxidation sites excluding steroid dienone is 2. The van der Waals surface area contributed by atoms with Crippen LogP contribution in [0.1, 0.15) is 66.7 Å². The summed E-state index contributed by atoms with van der Waals surface area (Å²) in [7, 11) is 1.70. The normalized spacial score (nSPS) is 18.9. The number of ketones is 1. The fourth-order valence-electron chi connectivity index (χ4n) is 3.51. The van der Waals surface area contributed by atoms with Crippen LogP contribution < -0.4 is 0 Å². The monoisotopic (exact) mass is 385 g/mol. The van der Waals surface area contributed by atoms with Crippen LogP contribution in [0.25, 0.3) is 0 Å². The maximum atomic E-state index is 12.9. The number of carbonyl (C=O) groups is 2. The molecule has 0 saturated heterocycles. The van der Waals surface area contributed by atoms with Gasteiger partial charge in [-0.2, -0.15) is 0 Å². The Morgan fingerprint density at radius 1 is 1.11 bits per heavy atom. The number of carboxylic acids is 1. The number of Topliss-reactive ketones (excluding diaryl/α,β-unsaturated/α-hetero) is 1. The van der Waals surface area contributed by atoms with Crippen molar-refractivity contribution in [2.75, 3.05) is 20.2 Å². The Morgan fingerprint density at radius 3 is 2.18 bits per heavy atom. The van der Waals surface area contributed by atoms with Gasteiger partial charge in [0.05, 0.1) is 5.56 Å². The minimum absolute atomic E-state index is 0.0258. The molecule has 1 atom stereocenters. The molecule has 0 heterocycles. The summed E-state index contributed by atoms with van der Waals surface area (Å²) in [6, 6.07) is 6.33.